The Balaban J connectivity index is 0.00000361. The summed E-state index contributed by atoms with van der Waals surface area (Å²) in [4.78, 5) is 19.2. The molecule has 12 heteroatoms. The Morgan fingerprint density at radius 3 is 1.95 bits per heavy atom. The number of alkyl halides is 6. The van der Waals surface area contributed by atoms with Crippen LogP contribution in [-0.2, 0) is 23.6 Å². The predicted molar refractivity (Wildman–Crippen MR) is 140 cm³/mol. The summed E-state index contributed by atoms with van der Waals surface area (Å²) in [6.07, 6.45) is -8.15. The lowest BCUT2D eigenvalue weighted by Crippen LogP contribution is -2.51. The summed E-state index contributed by atoms with van der Waals surface area (Å²) in [6, 6.07) is 10.1. The highest BCUT2D eigenvalue weighted by atomic mass is 35.5. The second-order valence-corrected chi connectivity index (χ2v) is 8.86. The molecule has 0 N–H and O–H groups in total. The fourth-order valence-corrected chi connectivity index (χ4v) is 4.31. The first-order valence-corrected chi connectivity index (χ1v) is 11.6. The van der Waals surface area contributed by atoms with Crippen molar-refractivity contribution in [2.45, 2.75) is 24.8 Å². The maximum absolute atomic E-state index is 13.5. The maximum atomic E-state index is 13.5. The number of rotatable bonds is 8. The van der Waals surface area contributed by atoms with Crippen molar-refractivity contribution in [2.75, 3.05) is 46.3 Å². The topological polar surface area (TPSA) is 26.8 Å². The molecule has 1 aliphatic heterocycles. The molecule has 0 aromatic heterocycles. The Labute approximate surface area is 231 Å². The van der Waals surface area contributed by atoms with E-state index in [9.17, 15) is 31.1 Å². The number of likely N-dealkylation sites (N-methyl/N-ethyl adjacent to an activating group) is 1. The van der Waals surface area contributed by atoms with Crippen LogP contribution in [0.3, 0.4) is 0 Å². The van der Waals surface area contributed by atoms with Crippen molar-refractivity contribution in [3.05, 3.63) is 83.4 Å². The van der Waals surface area contributed by atoms with Gasteiger partial charge in [-0.2, -0.15) is 26.3 Å². The quantitative estimate of drug-likeness (QED) is 0.276. The van der Waals surface area contributed by atoms with Crippen LogP contribution in [-0.4, -0.2) is 66.9 Å². The zero-order valence-electron chi connectivity index (χ0n) is 20.8. The molecule has 0 aliphatic carbocycles. The fourth-order valence-electron chi connectivity index (χ4n) is 4.31. The van der Waals surface area contributed by atoms with Crippen molar-refractivity contribution in [3.8, 4) is 0 Å². The Hall–Kier alpha value is -2.27. The molecule has 2 aromatic carbocycles. The van der Waals surface area contributed by atoms with Gasteiger partial charge in [0.1, 0.15) is 6.04 Å². The van der Waals surface area contributed by atoms with Gasteiger partial charge >= 0.3 is 12.4 Å². The molecule has 0 radical (unpaired) electrons. The molecule has 1 aliphatic rings. The lowest BCUT2D eigenvalue weighted by atomic mass is 10.0. The van der Waals surface area contributed by atoms with Crippen LogP contribution in [0.5, 0.6) is 0 Å². The summed E-state index contributed by atoms with van der Waals surface area (Å²) in [5, 5.41) is 0. The van der Waals surface area contributed by atoms with Crippen LogP contribution in [0, 0.1) is 0 Å². The fraction of sp³-hybridized carbons (Fsp3) is 0.423. The molecule has 2 aromatic rings. The third kappa shape index (κ3) is 8.90. The molecular weight excluding hydrogens is 555 g/mol. The third-order valence-corrected chi connectivity index (χ3v) is 6.27. The SMILES string of the molecule is C=CCN1CCN(C(C(=O)N(C)CCc2cc(C(F)(F)F)cc(C(F)(F)F)c2)c2ccccc2)CC1.Cl.Cl. The Bertz CT molecular complexity index is 1010. The van der Waals surface area contributed by atoms with E-state index in [2.05, 4.69) is 16.4 Å². The zero-order chi connectivity index (χ0) is 26.5. The molecule has 0 bridgehead atoms. The van der Waals surface area contributed by atoms with Crippen molar-refractivity contribution in [2.24, 2.45) is 0 Å². The number of benzene rings is 2. The average molecular weight is 586 g/mol. The molecule has 1 atom stereocenters. The summed E-state index contributed by atoms with van der Waals surface area (Å²) in [7, 11) is 1.52. The molecule has 1 amide bonds. The number of amides is 1. The number of hydrogen-bond donors (Lipinski definition) is 0. The van der Waals surface area contributed by atoms with Crippen LogP contribution in [0.4, 0.5) is 26.3 Å². The van der Waals surface area contributed by atoms with Gasteiger partial charge in [-0.1, -0.05) is 36.4 Å². The van der Waals surface area contributed by atoms with Gasteiger partial charge in [0, 0.05) is 46.3 Å². The zero-order valence-corrected chi connectivity index (χ0v) is 22.4. The van der Waals surface area contributed by atoms with E-state index in [0.717, 1.165) is 25.2 Å². The first-order chi connectivity index (χ1) is 16.9. The molecule has 4 nitrogen and oxygen atoms in total. The van der Waals surface area contributed by atoms with E-state index < -0.39 is 29.5 Å². The summed E-state index contributed by atoms with van der Waals surface area (Å²) >= 11 is 0. The highest BCUT2D eigenvalue weighted by molar-refractivity contribution is 5.85. The van der Waals surface area contributed by atoms with Crippen LogP contribution in [0.2, 0.25) is 0 Å². The lowest BCUT2D eigenvalue weighted by Gasteiger charge is -2.39. The van der Waals surface area contributed by atoms with Crippen molar-refractivity contribution in [1.82, 2.24) is 14.7 Å². The van der Waals surface area contributed by atoms with Gasteiger partial charge in [0.15, 0.2) is 0 Å². The molecule has 1 fully saturated rings. The highest BCUT2D eigenvalue weighted by Gasteiger charge is 2.37. The monoisotopic (exact) mass is 585 g/mol. The maximum Gasteiger partial charge on any atom is 0.416 e. The number of carbonyl (C=O) groups excluding carboxylic acids is 1. The van der Waals surface area contributed by atoms with Gasteiger partial charge < -0.3 is 4.90 Å². The number of nitrogens with zero attached hydrogens (tertiary/aromatic N) is 3. The van der Waals surface area contributed by atoms with E-state index in [1.165, 1.54) is 11.9 Å². The van der Waals surface area contributed by atoms with Crippen molar-refractivity contribution in [1.29, 1.82) is 0 Å². The molecule has 0 saturated carbocycles. The Kier molecular flexibility index (Phi) is 12.6. The molecule has 1 unspecified atom stereocenters. The van der Waals surface area contributed by atoms with E-state index >= 15 is 0 Å². The van der Waals surface area contributed by atoms with E-state index in [4.69, 9.17) is 0 Å². The minimum Gasteiger partial charge on any atom is -0.344 e. The van der Waals surface area contributed by atoms with Gasteiger partial charge in [0.25, 0.3) is 0 Å². The third-order valence-electron chi connectivity index (χ3n) is 6.27. The van der Waals surface area contributed by atoms with Crippen LogP contribution in [0.1, 0.15) is 28.3 Å². The summed E-state index contributed by atoms with van der Waals surface area (Å²) in [5.41, 5.74) is -2.07. The molecule has 1 heterocycles. The Morgan fingerprint density at radius 2 is 1.47 bits per heavy atom. The van der Waals surface area contributed by atoms with E-state index in [1.54, 1.807) is 0 Å². The minimum atomic E-state index is -4.91. The van der Waals surface area contributed by atoms with Crippen molar-refractivity contribution >= 4 is 30.7 Å². The van der Waals surface area contributed by atoms with E-state index in [0.29, 0.717) is 25.2 Å². The van der Waals surface area contributed by atoms with Gasteiger partial charge in [0.05, 0.1) is 11.1 Å². The second-order valence-electron chi connectivity index (χ2n) is 8.86. The van der Waals surface area contributed by atoms with Gasteiger partial charge in [-0.25, -0.2) is 0 Å². The molecular formula is C26H31Cl2F6N3O. The average Bonchev–Trinajstić information content (AvgIpc) is 2.83. The Morgan fingerprint density at radius 1 is 0.947 bits per heavy atom. The largest absolute Gasteiger partial charge is 0.416 e. The number of piperazine rings is 1. The van der Waals surface area contributed by atoms with Crippen LogP contribution < -0.4 is 0 Å². The predicted octanol–water partition coefficient (Wildman–Crippen LogP) is 6.11. The molecule has 1 saturated heterocycles. The van der Waals surface area contributed by atoms with Gasteiger partial charge in [-0.05, 0) is 35.7 Å². The number of carbonyl (C=O) groups is 1. The van der Waals surface area contributed by atoms with E-state index in [1.807, 2.05) is 36.4 Å². The summed E-state index contributed by atoms with van der Waals surface area (Å²) in [5.74, 6) is -0.263. The van der Waals surface area contributed by atoms with Gasteiger partial charge in [0.2, 0.25) is 5.91 Å². The number of hydrogen-bond acceptors (Lipinski definition) is 3. The van der Waals surface area contributed by atoms with Crippen molar-refractivity contribution in [3.63, 3.8) is 0 Å². The van der Waals surface area contributed by atoms with Crippen molar-refractivity contribution < 1.29 is 31.1 Å². The standard InChI is InChI=1S/C26H29F6N3O.2ClH/c1-3-10-34-12-14-35(15-13-34)23(20-7-5-4-6-8-20)24(36)33(2)11-9-19-16-21(25(27,28)29)18-22(17-19)26(30,31)32;;/h3-8,16-18,23H,1,9-15H2,2H3;2*1H. The second kappa shape index (κ2) is 14.2. The first kappa shape index (κ1) is 33.8. The molecule has 0 spiro atoms. The smallest absolute Gasteiger partial charge is 0.344 e. The van der Waals surface area contributed by atoms with E-state index in [-0.39, 0.29) is 55.3 Å². The summed E-state index contributed by atoms with van der Waals surface area (Å²) in [6.45, 7) is 7.23. The lowest BCUT2D eigenvalue weighted by molar-refractivity contribution is -0.143. The molecule has 3 rings (SSSR count). The van der Waals surface area contributed by atoms with Crippen LogP contribution in [0.25, 0.3) is 0 Å². The van der Waals surface area contributed by atoms with Gasteiger partial charge in [-0.3, -0.25) is 14.6 Å². The normalized spacial score (nSPS) is 15.7. The highest BCUT2D eigenvalue weighted by Crippen LogP contribution is 2.36. The first-order valence-electron chi connectivity index (χ1n) is 11.6. The van der Waals surface area contributed by atoms with Gasteiger partial charge in [-0.15, -0.1) is 31.4 Å². The number of halogens is 8. The van der Waals surface area contributed by atoms with Crippen LogP contribution >= 0.6 is 24.8 Å². The molecule has 212 valence electrons. The minimum absolute atomic E-state index is 0. The van der Waals surface area contributed by atoms with Crippen LogP contribution in [0.15, 0.2) is 61.2 Å². The summed E-state index contributed by atoms with van der Waals surface area (Å²) < 4.78 is 79.2. The molecule has 38 heavy (non-hydrogen) atoms.